The van der Waals surface area contributed by atoms with Gasteiger partial charge in [0, 0.05) is 30.2 Å². The average Bonchev–Trinajstić information content (AvgIpc) is 3.20. The van der Waals surface area contributed by atoms with Gasteiger partial charge in [-0.2, -0.15) is 0 Å². The van der Waals surface area contributed by atoms with E-state index in [4.69, 9.17) is 31.9 Å². The largest absolute Gasteiger partial charge is 0.381 e. The molecule has 3 aliphatic rings. The highest BCUT2D eigenvalue weighted by molar-refractivity contribution is 6.30. The minimum absolute atomic E-state index is 0.106. The van der Waals surface area contributed by atoms with Crippen molar-refractivity contribution < 1.29 is 9.57 Å². The number of nitrogens with two attached hydrogens (primary N) is 1. The van der Waals surface area contributed by atoms with Crippen molar-refractivity contribution in [2.24, 2.45) is 16.1 Å². The van der Waals surface area contributed by atoms with Crippen LogP contribution in [0.2, 0.25) is 0 Å². The van der Waals surface area contributed by atoms with Gasteiger partial charge in [0.15, 0.2) is 0 Å². The van der Waals surface area contributed by atoms with Gasteiger partial charge in [-0.05, 0) is 74.3 Å². The molecule has 30 heavy (non-hydrogen) atoms. The summed E-state index contributed by atoms with van der Waals surface area (Å²) >= 11 is 6.35. The fourth-order valence-electron chi connectivity index (χ4n) is 5.32. The van der Waals surface area contributed by atoms with E-state index in [0.29, 0.717) is 12.1 Å². The molecule has 0 aromatic heterocycles. The molecular weight excluding hydrogens is 398 g/mol. The number of halogens is 1. The van der Waals surface area contributed by atoms with Gasteiger partial charge in [-0.25, -0.2) is 14.9 Å². The Labute approximate surface area is 184 Å². The molecule has 2 N–H and O–H groups in total. The number of rotatable bonds is 4. The Morgan fingerprint density at radius 1 is 1.40 bits per heavy atom. The molecule has 1 aromatic carbocycles. The fourth-order valence-corrected chi connectivity index (χ4v) is 5.43. The third kappa shape index (κ3) is 3.28. The topological polar surface area (TPSA) is 60.1 Å². The number of aliphatic imine (C=N–C) groups is 1. The lowest BCUT2D eigenvalue weighted by Crippen LogP contribution is -2.46. The first kappa shape index (κ1) is 21.4. The summed E-state index contributed by atoms with van der Waals surface area (Å²) in [4.78, 5) is 11.5. The SMILES string of the molecule is CC=C(C=C(Cl)CC)c1ccc2c(c1)C1(N=C(N)N(C)O1)C1(CCC(OC)CC1)C2. The average molecular weight is 430 g/mol. The normalized spacial score (nSPS) is 31.6. The summed E-state index contributed by atoms with van der Waals surface area (Å²) in [5.74, 6) is 0.432. The summed E-state index contributed by atoms with van der Waals surface area (Å²) < 4.78 is 5.64. The molecule has 162 valence electrons. The molecule has 0 bridgehead atoms. The predicted octanol–water partition coefficient (Wildman–Crippen LogP) is 5.10. The summed E-state index contributed by atoms with van der Waals surface area (Å²) in [7, 11) is 3.64. The Morgan fingerprint density at radius 3 is 2.70 bits per heavy atom. The van der Waals surface area contributed by atoms with E-state index < -0.39 is 5.72 Å². The number of hydroxylamine groups is 2. The van der Waals surface area contributed by atoms with E-state index in [-0.39, 0.29) is 5.41 Å². The quantitative estimate of drug-likeness (QED) is 0.676. The summed E-state index contributed by atoms with van der Waals surface area (Å²) in [6.45, 7) is 4.10. The van der Waals surface area contributed by atoms with E-state index in [0.717, 1.165) is 60.3 Å². The maximum Gasteiger partial charge on any atom is 0.220 e. The Morgan fingerprint density at radius 2 is 2.13 bits per heavy atom. The number of nitrogens with zero attached hydrogens (tertiary/aromatic N) is 2. The Hall–Kier alpha value is -1.82. The molecule has 2 spiro atoms. The third-order valence-corrected chi connectivity index (χ3v) is 7.48. The zero-order valence-corrected chi connectivity index (χ0v) is 19.1. The fraction of sp³-hybridized carbons (Fsp3) is 0.542. The van der Waals surface area contributed by atoms with E-state index in [1.165, 1.54) is 5.56 Å². The summed E-state index contributed by atoms with van der Waals surface area (Å²) in [5.41, 5.74) is 10.0. The molecule has 1 heterocycles. The van der Waals surface area contributed by atoms with Crippen molar-refractivity contribution in [3.8, 4) is 0 Å². The van der Waals surface area contributed by atoms with Crippen LogP contribution in [0.25, 0.3) is 5.57 Å². The first-order valence-corrected chi connectivity index (χ1v) is 11.2. The molecule has 1 aromatic rings. The molecule has 1 unspecified atom stereocenters. The summed E-state index contributed by atoms with van der Waals surface area (Å²) in [6.07, 6.45) is 10.2. The number of allylic oxidation sites excluding steroid dienone is 4. The van der Waals surface area contributed by atoms with Crippen molar-refractivity contribution in [3.63, 3.8) is 0 Å². The lowest BCUT2D eigenvalue weighted by atomic mass is 9.66. The van der Waals surface area contributed by atoms with E-state index in [9.17, 15) is 0 Å². The number of methoxy groups -OCH3 is 1. The van der Waals surface area contributed by atoms with Gasteiger partial charge < -0.3 is 10.5 Å². The lowest BCUT2D eigenvalue weighted by molar-refractivity contribution is -0.232. The van der Waals surface area contributed by atoms with Crippen LogP contribution in [0.3, 0.4) is 0 Å². The van der Waals surface area contributed by atoms with Crippen LogP contribution in [0.5, 0.6) is 0 Å². The molecular formula is C24H32ClN3O2. The first-order valence-electron chi connectivity index (χ1n) is 10.8. The van der Waals surface area contributed by atoms with Crippen LogP contribution in [0.15, 0.2) is 40.4 Å². The van der Waals surface area contributed by atoms with Crippen molar-refractivity contribution in [1.82, 2.24) is 5.06 Å². The van der Waals surface area contributed by atoms with Gasteiger partial charge in [-0.3, -0.25) is 0 Å². The minimum atomic E-state index is -0.771. The second kappa shape index (κ2) is 8.03. The summed E-state index contributed by atoms with van der Waals surface area (Å²) in [6, 6.07) is 6.64. The molecule has 6 heteroatoms. The second-order valence-electron chi connectivity index (χ2n) is 8.66. The molecule has 5 nitrogen and oxygen atoms in total. The van der Waals surface area contributed by atoms with Crippen molar-refractivity contribution in [2.75, 3.05) is 14.2 Å². The maximum absolute atomic E-state index is 6.48. The van der Waals surface area contributed by atoms with Gasteiger partial charge in [-0.15, -0.1) is 0 Å². The van der Waals surface area contributed by atoms with Crippen LogP contribution < -0.4 is 5.73 Å². The Bertz CT molecular complexity index is 915. The van der Waals surface area contributed by atoms with E-state index in [1.807, 2.05) is 20.0 Å². The van der Waals surface area contributed by atoms with Crippen LogP contribution >= 0.6 is 11.6 Å². The molecule has 1 aliphatic heterocycles. The van der Waals surface area contributed by atoms with Gasteiger partial charge in [0.05, 0.1) is 6.10 Å². The standard InChI is InChI=1S/C24H32ClN3O2/c1-5-16(13-19(25)6-2)17-7-8-18-15-23(11-9-20(29-4)10-12-23)24(21(18)14-17)27-22(26)28(3)30-24/h5,7-8,13-14,20H,6,9-12,15H2,1-4H3,(H2,26,27). The smallest absolute Gasteiger partial charge is 0.220 e. The number of fused-ring (bicyclic) bond motifs is 3. The molecule has 1 atom stereocenters. The number of benzene rings is 1. The number of hydrogen-bond acceptors (Lipinski definition) is 5. The van der Waals surface area contributed by atoms with Crippen LogP contribution in [0.1, 0.15) is 62.6 Å². The number of ether oxygens (including phenoxy) is 1. The molecule has 2 aliphatic carbocycles. The zero-order chi connectivity index (χ0) is 21.5. The van der Waals surface area contributed by atoms with E-state index >= 15 is 0 Å². The maximum atomic E-state index is 6.48. The highest BCUT2D eigenvalue weighted by Crippen LogP contribution is 2.62. The van der Waals surface area contributed by atoms with Gasteiger partial charge in [0.1, 0.15) is 0 Å². The van der Waals surface area contributed by atoms with Gasteiger partial charge in [0.2, 0.25) is 11.7 Å². The minimum Gasteiger partial charge on any atom is -0.381 e. The Balaban J connectivity index is 1.80. The van der Waals surface area contributed by atoms with Crippen molar-refractivity contribution in [3.05, 3.63) is 52.1 Å². The number of hydrogen-bond donors (Lipinski definition) is 1. The third-order valence-electron chi connectivity index (χ3n) is 7.10. The van der Waals surface area contributed by atoms with Crippen LogP contribution in [0.4, 0.5) is 0 Å². The lowest BCUT2D eigenvalue weighted by Gasteiger charge is -2.45. The van der Waals surface area contributed by atoms with Crippen LogP contribution in [-0.2, 0) is 21.7 Å². The molecule has 0 saturated heterocycles. The van der Waals surface area contributed by atoms with Gasteiger partial charge >= 0.3 is 0 Å². The zero-order valence-electron chi connectivity index (χ0n) is 18.4. The van der Waals surface area contributed by atoms with Crippen LogP contribution in [0, 0.1) is 5.41 Å². The van der Waals surface area contributed by atoms with Crippen molar-refractivity contribution in [2.45, 2.75) is 64.2 Å². The second-order valence-corrected chi connectivity index (χ2v) is 9.14. The van der Waals surface area contributed by atoms with Crippen molar-refractivity contribution >= 4 is 23.1 Å². The monoisotopic (exact) mass is 429 g/mol. The molecule has 0 radical (unpaired) electrons. The molecule has 1 fully saturated rings. The summed E-state index contributed by atoms with van der Waals surface area (Å²) in [5, 5.41) is 2.46. The molecule has 4 rings (SSSR count). The highest BCUT2D eigenvalue weighted by Gasteiger charge is 2.63. The van der Waals surface area contributed by atoms with E-state index in [1.54, 1.807) is 12.2 Å². The van der Waals surface area contributed by atoms with E-state index in [2.05, 4.69) is 31.2 Å². The first-order chi connectivity index (χ1) is 14.4. The van der Waals surface area contributed by atoms with Crippen molar-refractivity contribution in [1.29, 1.82) is 0 Å². The molecule has 0 amide bonds. The predicted molar refractivity (Wildman–Crippen MR) is 122 cm³/mol. The van der Waals surface area contributed by atoms with Gasteiger partial charge in [0.25, 0.3) is 0 Å². The van der Waals surface area contributed by atoms with Gasteiger partial charge in [-0.1, -0.05) is 36.7 Å². The highest BCUT2D eigenvalue weighted by atomic mass is 35.5. The van der Waals surface area contributed by atoms with Crippen LogP contribution in [-0.4, -0.2) is 31.3 Å². The molecule has 1 saturated carbocycles. The number of guanidine groups is 1. The Kier molecular flexibility index (Phi) is 5.73.